The fourth-order valence-corrected chi connectivity index (χ4v) is 2.47. The van der Waals surface area contributed by atoms with E-state index in [1.807, 2.05) is 29.2 Å². The molecule has 0 aromatic heterocycles. The number of nitrogens with two attached hydrogens (primary N) is 1. The van der Waals surface area contributed by atoms with Crippen molar-refractivity contribution < 1.29 is 9.90 Å². The highest BCUT2D eigenvalue weighted by Gasteiger charge is 2.20. The van der Waals surface area contributed by atoms with Gasteiger partial charge in [0.25, 0.3) is 0 Å². The predicted molar refractivity (Wildman–Crippen MR) is 78.0 cm³/mol. The minimum absolute atomic E-state index is 0.127. The zero-order chi connectivity index (χ0) is 14.5. The van der Waals surface area contributed by atoms with Crippen LogP contribution in [0.25, 0.3) is 0 Å². The van der Waals surface area contributed by atoms with E-state index in [1.165, 1.54) is 0 Å². The second kappa shape index (κ2) is 6.83. The van der Waals surface area contributed by atoms with Crippen LogP contribution in [0.4, 0.5) is 0 Å². The summed E-state index contributed by atoms with van der Waals surface area (Å²) >= 11 is 0. The van der Waals surface area contributed by atoms with Crippen molar-refractivity contribution in [1.29, 1.82) is 0 Å². The highest BCUT2D eigenvalue weighted by atomic mass is 16.3. The third kappa shape index (κ3) is 3.79. The molecule has 1 aliphatic heterocycles. The number of hydrogen-bond acceptors (Lipinski definition) is 4. The lowest BCUT2D eigenvalue weighted by atomic mass is 10.1. The maximum absolute atomic E-state index is 11.3. The van der Waals surface area contributed by atoms with Crippen LogP contribution < -0.4 is 5.73 Å². The van der Waals surface area contributed by atoms with Crippen LogP contribution in [0.3, 0.4) is 0 Å². The molecule has 0 saturated carbocycles. The third-order valence-electron chi connectivity index (χ3n) is 3.85. The van der Waals surface area contributed by atoms with Gasteiger partial charge in [-0.05, 0) is 11.1 Å². The van der Waals surface area contributed by atoms with Gasteiger partial charge in [-0.1, -0.05) is 24.3 Å². The smallest absolute Gasteiger partial charge is 0.219 e. The van der Waals surface area contributed by atoms with E-state index in [0.29, 0.717) is 13.1 Å². The van der Waals surface area contributed by atoms with E-state index in [2.05, 4.69) is 4.90 Å². The summed E-state index contributed by atoms with van der Waals surface area (Å²) in [5.74, 6) is 0.127. The number of carbonyl (C=O) groups excluding carboxylic acids is 1. The number of nitrogens with zero attached hydrogens (tertiary/aromatic N) is 2. The first kappa shape index (κ1) is 15.0. The zero-order valence-electron chi connectivity index (χ0n) is 12.0. The number of hydrogen-bond donors (Lipinski definition) is 2. The van der Waals surface area contributed by atoms with Crippen molar-refractivity contribution in [3.63, 3.8) is 0 Å². The molecule has 1 fully saturated rings. The van der Waals surface area contributed by atoms with Gasteiger partial charge in [-0.3, -0.25) is 9.69 Å². The lowest BCUT2D eigenvalue weighted by molar-refractivity contribution is -0.130. The number of amides is 1. The molecule has 1 unspecified atom stereocenters. The highest BCUT2D eigenvalue weighted by Crippen LogP contribution is 2.16. The SMILES string of the molecule is CC(=O)N1CCN(CC(O)c2ccc(CN)cc2)CC1. The molecule has 1 amide bonds. The molecule has 20 heavy (non-hydrogen) atoms. The van der Waals surface area contributed by atoms with Gasteiger partial charge >= 0.3 is 0 Å². The second-order valence-electron chi connectivity index (χ2n) is 5.27. The molecule has 2 rings (SSSR count). The van der Waals surface area contributed by atoms with E-state index < -0.39 is 6.10 Å². The minimum Gasteiger partial charge on any atom is -0.387 e. The molecule has 5 nitrogen and oxygen atoms in total. The topological polar surface area (TPSA) is 69.8 Å². The van der Waals surface area contributed by atoms with Gasteiger partial charge in [0.2, 0.25) is 5.91 Å². The Morgan fingerprint density at radius 3 is 2.35 bits per heavy atom. The van der Waals surface area contributed by atoms with Gasteiger partial charge < -0.3 is 15.7 Å². The Kier molecular flexibility index (Phi) is 5.11. The number of rotatable bonds is 4. The molecule has 1 aliphatic rings. The Bertz CT molecular complexity index is 439. The zero-order valence-corrected chi connectivity index (χ0v) is 12.0. The molecule has 1 aromatic rings. The van der Waals surface area contributed by atoms with Crippen molar-refractivity contribution in [2.45, 2.75) is 19.6 Å². The Balaban J connectivity index is 1.85. The van der Waals surface area contributed by atoms with Crippen LogP contribution in [0.15, 0.2) is 24.3 Å². The Hall–Kier alpha value is -1.43. The lowest BCUT2D eigenvalue weighted by Crippen LogP contribution is -2.48. The molecule has 1 heterocycles. The molecule has 0 bridgehead atoms. The molecule has 0 spiro atoms. The summed E-state index contributed by atoms with van der Waals surface area (Å²) in [4.78, 5) is 15.3. The molecule has 1 saturated heterocycles. The lowest BCUT2D eigenvalue weighted by Gasteiger charge is -2.35. The van der Waals surface area contributed by atoms with Crippen LogP contribution in [-0.2, 0) is 11.3 Å². The maximum Gasteiger partial charge on any atom is 0.219 e. The van der Waals surface area contributed by atoms with E-state index in [1.54, 1.807) is 6.92 Å². The number of β-amino-alcohol motifs (C(OH)–C–C–N with tert-alkyl or cyclic N) is 1. The normalized spacial score (nSPS) is 18.1. The third-order valence-corrected chi connectivity index (χ3v) is 3.85. The Labute approximate surface area is 120 Å². The first-order valence-corrected chi connectivity index (χ1v) is 7.05. The van der Waals surface area contributed by atoms with Crippen molar-refractivity contribution in [2.24, 2.45) is 5.73 Å². The fourth-order valence-electron chi connectivity index (χ4n) is 2.47. The van der Waals surface area contributed by atoms with Gasteiger partial charge in [0.05, 0.1) is 6.10 Å². The number of aliphatic hydroxyl groups is 1. The van der Waals surface area contributed by atoms with Crippen molar-refractivity contribution in [1.82, 2.24) is 9.80 Å². The molecular weight excluding hydrogens is 254 g/mol. The number of benzene rings is 1. The molecule has 0 radical (unpaired) electrons. The van der Waals surface area contributed by atoms with Gasteiger partial charge in [-0.2, -0.15) is 0 Å². The van der Waals surface area contributed by atoms with Crippen molar-refractivity contribution in [3.8, 4) is 0 Å². The quantitative estimate of drug-likeness (QED) is 0.833. The van der Waals surface area contributed by atoms with E-state index >= 15 is 0 Å². The first-order valence-electron chi connectivity index (χ1n) is 7.05. The Morgan fingerprint density at radius 1 is 1.25 bits per heavy atom. The van der Waals surface area contributed by atoms with Crippen LogP contribution >= 0.6 is 0 Å². The molecule has 1 aromatic carbocycles. The van der Waals surface area contributed by atoms with E-state index in [9.17, 15) is 9.90 Å². The average Bonchev–Trinajstić information content (AvgIpc) is 2.48. The van der Waals surface area contributed by atoms with E-state index in [0.717, 1.165) is 37.3 Å². The van der Waals surface area contributed by atoms with Gasteiger partial charge in [-0.25, -0.2) is 0 Å². The minimum atomic E-state index is -0.495. The van der Waals surface area contributed by atoms with Gasteiger partial charge in [-0.15, -0.1) is 0 Å². The maximum atomic E-state index is 11.3. The standard InChI is InChI=1S/C15H23N3O2/c1-12(19)18-8-6-17(7-9-18)11-15(20)14-4-2-13(10-16)3-5-14/h2-5,15,20H,6-11,16H2,1H3. The molecule has 5 heteroatoms. The van der Waals surface area contributed by atoms with Crippen LogP contribution in [0.1, 0.15) is 24.2 Å². The fraction of sp³-hybridized carbons (Fsp3) is 0.533. The van der Waals surface area contributed by atoms with Crippen LogP contribution in [0.2, 0.25) is 0 Å². The molecule has 3 N–H and O–H groups in total. The monoisotopic (exact) mass is 277 g/mol. The largest absolute Gasteiger partial charge is 0.387 e. The molecule has 0 aliphatic carbocycles. The van der Waals surface area contributed by atoms with Gasteiger partial charge in [0.1, 0.15) is 0 Å². The highest BCUT2D eigenvalue weighted by molar-refractivity contribution is 5.73. The van der Waals surface area contributed by atoms with E-state index in [4.69, 9.17) is 5.73 Å². The summed E-state index contributed by atoms with van der Waals surface area (Å²) < 4.78 is 0. The Morgan fingerprint density at radius 2 is 1.85 bits per heavy atom. The summed E-state index contributed by atoms with van der Waals surface area (Å²) in [7, 11) is 0. The molecule has 1 atom stereocenters. The molecular formula is C15H23N3O2. The first-order chi connectivity index (χ1) is 9.60. The summed E-state index contributed by atoms with van der Waals surface area (Å²) in [6.45, 7) is 5.85. The van der Waals surface area contributed by atoms with Crippen LogP contribution in [0.5, 0.6) is 0 Å². The summed E-state index contributed by atoms with van der Waals surface area (Å²) in [5, 5.41) is 10.3. The molecule has 110 valence electrons. The van der Waals surface area contributed by atoms with Crippen molar-refractivity contribution >= 4 is 5.91 Å². The van der Waals surface area contributed by atoms with Gasteiger partial charge in [0, 0.05) is 46.2 Å². The number of carbonyl (C=O) groups is 1. The predicted octanol–water partition coefficient (Wildman–Crippen LogP) is 0.343. The van der Waals surface area contributed by atoms with Crippen molar-refractivity contribution in [3.05, 3.63) is 35.4 Å². The van der Waals surface area contributed by atoms with E-state index in [-0.39, 0.29) is 5.91 Å². The summed E-state index contributed by atoms with van der Waals surface area (Å²) in [6, 6.07) is 7.76. The number of aliphatic hydroxyl groups excluding tert-OH is 1. The van der Waals surface area contributed by atoms with Crippen LogP contribution in [0, 0.1) is 0 Å². The average molecular weight is 277 g/mol. The number of piperazine rings is 1. The second-order valence-corrected chi connectivity index (χ2v) is 5.27. The summed E-state index contributed by atoms with van der Waals surface area (Å²) in [5.41, 5.74) is 7.54. The van der Waals surface area contributed by atoms with Crippen molar-refractivity contribution in [2.75, 3.05) is 32.7 Å². The summed E-state index contributed by atoms with van der Waals surface area (Å²) in [6.07, 6.45) is -0.495. The van der Waals surface area contributed by atoms with Crippen LogP contribution in [-0.4, -0.2) is 53.5 Å². The van der Waals surface area contributed by atoms with Gasteiger partial charge in [0.15, 0.2) is 0 Å².